The molecule has 170 valence electrons. The Morgan fingerprint density at radius 1 is 1.41 bits per heavy atom. The zero-order valence-corrected chi connectivity index (χ0v) is 19.1. The van der Waals surface area contributed by atoms with Crippen LogP contribution in [0.5, 0.6) is 0 Å². The molecule has 2 atom stereocenters. The predicted octanol–water partition coefficient (Wildman–Crippen LogP) is 2.06. The van der Waals surface area contributed by atoms with Gasteiger partial charge in [0.05, 0.1) is 24.5 Å². The van der Waals surface area contributed by atoms with E-state index < -0.39 is 0 Å². The van der Waals surface area contributed by atoms with Crippen molar-refractivity contribution >= 4 is 29.7 Å². The Hall–Kier alpha value is -3.07. The number of aromatic nitrogens is 1. The Morgan fingerprint density at radius 2 is 2.22 bits per heavy atom. The first kappa shape index (κ1) is 22.1. The van der Waals surface area contributed by atoms with Gasteiger partial charge in [0.1, 0.15) is 17.3 Å². The number of anilines is 1. The number of amides is 1. The molecule has 0 saturated carbocycles. The van der Waals surface area contributed by atoms with Gasteiger partial charge in [-0.1, -0.05) is 6.07 Å². The Morgan fingerprint density at radius 3 is 2.88 bits per heavy atom. The van der Waals surface area contributed by atoms with Gasteiger partial charge in [0, 0.05) is 32.1 Å². The number of aliphatic imine (C=N–C) groups is 1. The van der Waals surface area contributed by atoms with E-state index in [0.29, 0.717) is 43.6 Å². The summed E-state index contributed by atoms with van der Waals surface area (Å²) in [5.74, 6) is 1.55. The highest BCUT2D eigenvalue weighted by Gasteiger charge is 2.43. The molecule has 3 aliphatic heterocycles. The molecule has 0 spiro atoms. The molecule has 2 saturated heterocycles. The summed E-state index contributed by atoms with van der Waals surface area (Å²) < 4.78 is 0. The van der Waals surface area contributed by atoms with Gasteiger partial charge in [-0.15, -0.1) is 0 Å². The highest BCUT2D eigenvalue weighted by molar-refractivity contribution is 6.05. The number of carbonyl (C=O) groups excluding carboxylic acids is 1. The number of pyridine rings is 1. The average Bonchev–Trinajstić information content (AvgIpc) is 3.38. The predicted molar refractivity (Wildman–Crippen MR) is 126 cm³/mol. The lowest BCUT2D eigenvalue weighted by atomic mass is 9.93. The fourth-order valence-electron chi connectivity index (χ4n) is 4.83. The van der Waals surface area contributed by atoms with Gasteiger partial charge in [-0.25, -0.2) is 9.98 Å². The number of amidine groups is 2. The van der Waals surface area contributed by atoms with E-state index in [1.807, 2.05) is 26.1 Å². The van der Waals surface area contributed by atoms with Gasteiger partial charge in [-0.05, 0) is 51.4 Å². The average molecular weight is 437 g/mol. The Labute approximate surface area is 189 Å². The van der Waals surface area contributed by atoms with Gasteiger partial charge < -0.3 is 15.1 Å². The Kier molecular flexibility index (Phi) is 6.36. The van der Waals surface area contributed by atoms with E-state index in [0.717, 1.165) is 42.8 Å². The number of nitrogens with zero attached hydrogens (tertiary/aromatic N) is 5. The van der Waals surface area contributed by atoms with E-state index in [1.54, 1.807) is 11.0 Å². The topological polar surface area (TPSA) is 112 Å². The molecular weight excluding hydrogens is 404 g/mol. The maximum Gasteiger partial charge on any atom is 0.236 e. The van der Waals surface area contributed by atoms with Gasteiger partial charge >= 0.3 is 0 Å². The van der Waals surface area contributed by atoms with Crippen molar-refractivity contribution < 1.29 is 4.79 Å². The molecule has 2 unspecified atom stereocenters. The van der Waals surface area contributed by atoms with Gasteiger partial charge in [0.2, 0.25) is 5.91 Å². The molecular formula is C23H32N8O. The lowest BCUT2D eigenvalue weighted by Crippen LogP contribution is -2.38. The molecule has 3 N–H and O–H groups in total. The van der Waals surface area contributed by atoms with Crippen molar-refractivity contribution in [2.45, 2.75) is 39.2 Å². The van der Waals surface area contributed by atoms with Crippen LogP contribution >= 0.6 is 0 Å². The third kappa shape index (κ3) is 3.92. The fraction of sp³-hybridized carbons (Fsp3) is 0.522. The molecule has 2 fully saturated rings. The third-order valence-corrected chi connectivity index (χ3v) is 6.60. The molecule has 1 aromatic heterocycles. The second-order valence-electron chi connectivity index (χ2n) is 8.54. The van der Waals surface area contributed by atoms with Crippen LogP contribution in [0.4, 0.5) is 5.82 Å². The van der Waals surface area contributed by atoms with Gasteiger partial charge in [0.25, 0.3) is 0 Å². The Bertz CT molecular complexity index is 984. The minimum atomic E-state index is -0.211. The van der Waals surface area contributed by atoms with Gasteiger partial charge in [-0.2, -0.15) is 0 Å². The molecule has 0 aliphatic carbocycles. The number of nitrogens with one attached hydrogen (secondary N) is 3. The maximum absolute atomic E-state index is 13.5. The Balaban J connectivity index is 1.62. The minimum absolute atomic E-state index is 0.0448. The van der Waals surface area contributed by atoms with Crippen LogP contribution in [0.3, 0.4) is 0 Å². The first-order valence-electron chi connectivity index (χ1n) is 11.3. The molecule has 3 aliphatic rings. The number of fused-ring (bicyclic) bond motifs is 1. The van der Waals surface area contributed by atoms with Crippen LogP contribution in [0.25, 0.3) is 0 Å². The monoisotopic (exact) mass is 436 g/mol. The highest BCUT2D eigenvalue weighted by Crippen LogP contribution is 2.37. The van der Waals surface area contributed by atoms with Gasteiger partial charge in [0.15, 0.2) is 5.84 Å². The molecule has 32 heavy (non-hydrogen) atoms. The molecule has 9 heteroatoms. The molecule has 1 amide bonds. The minimum Gasteiger partial charge on any atom is -0.357 e. The van der Waals surface area contributed by atoms with Crippen molar-refractivity contribution in [1.29, 1.82) is 10.8 Å². The fourth-order valence-corrected chi connectivity index (χ4v) is 4.83. The SMILES string of the molecule is CCN(C=N)C(=N)c1cccc(N2CC3=C(CNC)N=C(N4CCCC4C)CC3C2=O)n1. The van der Waals surface area contributed by atoms with Gasteiger partial charge in [-0.3, -0.25) is 20.5 Å². The number of hydrogen-bond acceptors (Lipinski definition) is 7. The quantitative estimate of drug-likeness (QED) is 0.467. The molecule has 4 heterocycles. The summed E-state index contributed by atoms with van der Waals surface area (Å²) in [6.45, 7) is 6.72. The van der Waals surface area contributed by atoms with Crippen LogP contribution < -0.4 is 10.2 Å². The third-order valence-electron chi connectivity index (χ3n) is 6.60. The van der Waals surface area contributed by atoms with Crippen molar-refractivity contribution in [3.8, 4) is 0 Å². The van der Waals surface area contributed by atoms with Crippen LogP contribution in [0.15, 0.2) is 34.5 Å². The van der Waals surface area contributed by atoms with Crippen LogP contribution in [-0.4, -0.2) is 78.0 Å². The normalized spacial score (nSPS) is 22.8. The second-order valence-corrected chi connectivity index (χ2v) is 8.54. The molecule has 1 aromatic rings. The number of likely N-dealkylation sites (tertiary alicyclic amines) is 1. The number of carbonyl (C=O) groups is 1. The summed E-state index contributed by atoms with van der Waals surface area (Å²) in [6.07, 6.45) is 4.08. The summed E-state index contributed by atoms with van der Waals surface area (Å²) in [5.41, 5.74) is 2.47. The molecule has 0 radical (unpaired) electrons. The standard InChI is InChI=1S/C23H32N8O/c1-4-29(14-24)22(25)18-8-5-9-20(27-18)31-13-17-16(23(31)32)11-21(28-19(17)12-26-3)30-10-6-7-15(30)2/h5,8-9,14-16,24-26H,4,6-7,10-13H2,1-3H3. The maximum atomic E-state index is 13.5. The first-order chi connectivity index (χ1) is 15.5. The van der Waals surface area contributed by atoms with Crippen molar-refractivity contribution in [3.05, 3.63) is 35.2 Å². The van der Waals surface area contributed by atoms with Crippen molar-refractivity contribution in [2.24, 2.45) is 10.9 Å². The zero-order chi connectivity index (χ0) is 22.8. The first-order valence-corrected chi connectivity index (χ1v) is 11.3. The number of rotatable bonds is 6. The summed E-state index contributed by atoms with van der Waals surface area (Å²) in [4.78, 5) is 28.7. The van der Waals surface area contributed by atoms with E-state index in [9.17, 15) is 4.79 Å². The van der Waals surface area contributed by atoms with E-state index in [4.69, 9.17) is 15.8 Å². The van der Waals surface area contributed by atoms with Crippen LogP contribution in [0, 0.1) is 16.7 Å². The summed E-state index contributed by atoms with van der Waals surface area (Å²) >= 11 is 0. The summed E-state index contributed by atoms with van der Waals surface area (Å²) in [7, 11) is 1.90. The van der Waals surface area contributed by atoms with E-state index in [2.05, 4.69) is 22.1 Å². The highest BCUT2D eigenvalue weighted by atomic mass is 16.2. The zero-order valence-electron chi connectivity index (χ0n) is 19.1. The van der Waals surface area contributed by atoms with Crippen molar-refractivity contribution in [2.75, 3.05) is 38.1 Å². The van der Waals surface area contributed by atoms with E-state index >= 15 is 0 Å². The molecule has 4 rings (SSSR count). The second kappa shape index (κ2) is 9.20. The molecule has 9 nitrogen and oxygen atoms in total. The van der Waals surface area contributed by atoms with Crippen molar-refractivity contribution in [3.63, 3.8) is 0 Å². The number of hydrogen-bond donors (Lipinski definition) is 3. The molecule has 0 bridgehead atoms. The summed E-state index contributed by atoms with van der Waals surface area (Å²) in [5, 5.41) is 19.1. The van der Waals surface area contributed by atoms with Crippen LogP contribution in [0.2, 0.25) is 0 Å². The smallest absolute Gasteiger partial charge is 0.236 e. The van der Waals surface area contributed by atoms with Crippen LogP contribution in [-0.2, 0) is 4.79 Å². The molecule has 0 aromatic carbocycles. The van der Waals surface area contributed by atoms with E-state index in [1.165, 1.54) is 4.90 Å². The van der Waals surface area contributed by atoms with Crippen molar-refractivity contribution in [1.82, 2.24) is 20.1 Å². The number of likely N-dealkylation sites (N-methyl/N-ethyl adjacent to an activating group) is 1. The van der Waals surface area contributed by atoms with E-state index in [-0.39, 0.29) is 17.7 Å². The summed E-state index contributed by atoms with van der Waals surface area (Å²) in [6, 6.07) is 5.83. The lowest BCUT2D eigenvalue weighted by molar-refractivity contribution is -0.119. The largest absolute Gasteiger partial charge is 0.357 e. The van der Waals surface area contributed by atoms with Crippen LogP contribution in [0.1, 0.15) is 38.8 Å². The lowest BCUT2D eigenvalue weighted by Gasteiger charge is -2.30.